The van der Waals surface area contributed by atoms with Crippen molar-refractivity contribution in [2.45, 2.75) is 13.3 Å². The zero-order valence-electron chi connectivity index (χ0n) is 11.2. The van der Waals surface area contributed by atoms with Crippen LogP contribution in [0.15, 0.2) is 36.0 Å². The van der Waals surface area contributed by atoms with Crippen LogP contribution in [-0.2, 0) is 4.79 Å². The van der Waals surface area contributed by atoms with Crippen LogP contribution in [0.3, 0.4) is 0 Å². The predicted octanol–water partition coefficient (Wildman–Crippen LogP) is 2.48. The Bertz CT molecular complexity index is 589. The van der Waals surface area contributed by atoms with E-state index in [1.165, 1.54) is 11.3 Å². The van der Waals surface area contributed by atoms with Gasteiger partial charge < -0.3 is 14.6 Å². The maximum atomic E-state index is 12.5. The lowest BCUT2D eigenvalue weighted by atomic mass is 10.3. The van der Waals surface area contributed by atoms with Crippen molar-refractivity contribution in [3.05, 3.63) is 40.8 Å². The number of carboxylic acids is 1. The van der Waals surface area contributed by atoms with Crippen LogP contribution >= 0.6 is 11.3 Å². The Kier molecular flexibility index (Phi) is 4.57. The van der Waals surface area contributed by atoms with E-state index in [1.54, 1.807) is 4.90 Å². The van der Waals surface area contributed by atoms with Gasteiger partial charge in [-0.25, -0.2) is 0 Å². The second-order valence-corrected chi connectivity index (χ2v) is 5.17. The minimum Gasteiger partial charge on any atom is -0.481 e. The van der Waals surface area contributed by atoms with Gasteiger partial charge in [0.1, 0.15) is 4.88 Å². The van der Waals surface area contributed by atoms with E-state index in [1.807, 2.05) is 47.5 Å². The molecule has 1 amide bonds. The lowest BCUT2D eigenvalue weighted by Gasteiger charge is -2.20. The number of carboxylic acid groups (broad SMARTS) is 1. The van der Waals surface area contributed by atoms with Crippen LogP contribution in [0.5, 0.6) is 0 Å². The van der Waals surface area contributed by atoms with Gasteiger partial charge in [0.15, 0.2) is 0 Å². The van der Waals surface area contributed by atoms with Crippen molar-refractivity contribution in [3.8, 4) is 5.69 Å². The molecule has 0 radical (unpaired) electrons. The molecule has 2 aromatic heterocycles. The first-order valence-electron chi connectivity index (χ1n) is 6.35. The van der Waals surface area contributed by atoms with Crippen molar-refractivity contribution in [3.63, 3.8) is 0 Å². The van der Waals surface area contributed by atoms with Crippen LogP contribution < -0.4 is 0 Å². The quantitative estimate of drug-likeness (QED) is 0.889. The molecule has 0 unspecified atom stereocenters. The van der Waals surface area contributed by atoms with Gasteiger partial charge in [0.05, 0.1) is 12.1 Å². The van der Waals surface area contributed by atoms with E-state index in [-0.39, 0.29) is 18.9 Å². The average Bonchev–Trinajstić information content (AvgIpc) is 3.09. The summed E-state index contributed by atoms with van der Waals surface area (Å²) in [5, 5.41) is 10.6. The zero-order chi connectivity index (χ0) is 14.5. The molecule has 2 heterocycles. The number of carbonyl (C=O) groups is 2. The van der Waals surface area contributed by atoms with Gasteiger partial charge >= 0.3 is 5.97 Å². The summed E-state index contributed by atoms with van der Waals surface area (Å²) in [5.74, 6) is -1.01. The molecule has 0 fully saturated rings. The standard InChI is InChI=1S/C14H16N2O3S/c1-2-15(9-5-12(17)18)14(19)13-11(6-10-20-13)16-7-3-4-8-16/h3-4,6-8,10H,2,5,9H2,1H3,(H,17,18). The monoisotopic (exact) mass is 292 g/mol. The van der Waals surface area contributed by atoms with Crippen LogP contribution in [-0.4, -0.2) is 39.5 Å². The van der Waals surface area contributed by atoms with E-state index in [4.69, 9.17) is 5.11 Å². The van der Waals surface area contributed by atoms with Crippen molar-refractivity contribution in [2.75, 3.05) is 13.1 Å². The third kappa shape index (κ3) is 3.08. The first-order chi connectivity index (χ1) is 9.63. The van der Waals surface area contributed by atoms with Gasteiger partial charge in [0.25, 0.3) is 5.91 Å². The summed E-state index contributed by atoms with van der Waals surface area (Å²) >= 11 is 1.37. The highest BCUT2D eigenvalue weighted by Gasteiger charge is 2.20. The van der Waals surface area contributed by atoms with Crippen LogP contribution in [0, 0.1) is 0 Å². The van der Waals surface area contributed by atoms with Gasteiger partial charge in [0.2, 0.25) is 0 Å². The highest BCUT2D eigenvalue weighted by atomic mass is 32.1. The molecular weight excluding hydrogens is 276 g/mol. The molecule has 20 heavy (non-hydrogen) atoms. The maximum absolute atomic E-state index is 12.5. The van der Waals surface area contributed by atoms with Gasteiger partial charge in [-0.2, -0.15) is 0 Å². The molecule has 0 bridgehead atoms. The van der Waals surface area contributed by atoms with Gasteiger partial charge in [-0.1, -0.05) is 0 Å². The third-order valence-corrected chi connectivity index (χ3v) is 3.88. The summed E-state index contributed by atoms with van der Waals surface area (Å²) in [4.78, 5) is 25.3. The molecule has 5 nitrogen and oxygen atoms in total. The number of aromatic nitrogens is 1. The summed E-state index contributed by atoms with van der Waals surface area (Å²) in [5.41, 5.74) is 0.832. The third-order valence-electron chi connectivity index (χ3n) is 2.99. The molecular formula is C14H16N2O3S. The zero-order valence-corrected chi connectivity index (χ0v) is 12.0. The van der Waals surface area contributed by atoms with Crippen molar-refractivity contribution in [1.82, 2.24) is 9.47 Å². The summed E-state index contributed by atoms with van der Waals surface area (Å²) in [6.45, 7) is 2.57. The first-order valence-corrected chi connectivity index (χ1v) is 7.23. The predicted molar refractivity (Wildman–Crippen MR) is 77.5 cm³/mol. The Hall–Kier alpha value is -2.08. The number of carbonyl (C=O) groups excluding carboxylic acids is 1. The van der Waals surface area contributed by atoms with Crippen LogP contribution in [0.25, 0.3) is 5.69 Å². The second kappa shape index (κ2) is 6.38. The molecule has 0 saturated carbocycles. The maximum Gasteiger partial charge on any atom is 0.305 e. The van der Waals surface area contributed by atoms with Crippen molar-refractivity contribution in [1.29, 1.82) is 0 Å². The highest BCUT2D eigenvalue weighted by molar-refractivity contribution is 7.12. The van der Waals surface area contributed by atoms with E-state index >= 15 is 0 Å². The SMILES string of the molecule is CCN(CCC(=O)O)C(=O)c1sccc1-n1cccc1. The van der Waals surface area contributed by atoms with Crippen LogP contribution in [0.1, 0.15) is 23.0 Å². The Morgan fingerprint density at radius 1 is 1.35 bits per heavy atom. The molecule has 6 heteroatoms. The molecule has 2 aromatic rings. The van der Waals surface area contributed by atoms with Gasteiger partial charge in [0, 0.05) is 25.5 Å². The van der Waals surface area contributed by atoms with Crippen molar-refractivity contribution in [2.24, 2.45) is 0 Å². The van der Waals surface area contributed by atoms with Gasteiger partial charge in [-0.05, 0) is 30.5 Å². The van der Waals surface area contributed by atoms with Crippen molar-refractivity contribution >= 4 is 23.2 Å². The molecule has 0 atom stereocenters. The van der Waals surface area contributed by atoms with Gasteiger partial charge in [-0.3, -0.25) is 9.59 Å². The number of hydrogen-bond acceptors (Lipinski definition) is 3. The minimum atomic E-state index is -0.895. The van der Waals surface area contributed by atoms with E-state index in [0.717, 1.165) is 5.69 Å². The molecule has 2 rings (SSSR count). The number of nitrogens with zero attached hydrogens (tertiary/aromatic N) is 2. The van der Waals surface area contributed by atoms with Crippen LogP contribution in [0.2, 0.25) is 0 Å². The molecule has 0 aliphatic heterocycles. The van der Waals surface area contributed by atoms with E-state index in [2.05, 4.69) is 0 Å². The average molecular weight is 292 g/mol. The summed E-state index contributed by atoms with van der Waals surface area (Å²) in [6.07, 6.45) is 3.72. The van der Waals surface area contributed by atoms with Gasteiger partial charge in [-0.15, -0.1) is 11.3 Å². The molecule has 0 saturated heterocycles. The Morgan fingerprint density at radius 3 is 2.65 bits per heavy atom. The normalized spacial score (nSPS) is 10.4. The fourth-order valence-electron chi connectivity index (χ4n) is 1.94. The minimum absolute atomic E-state index is 0.0379. The van der Waals surface area contributed by atoms with E-state index in [0.29, 0.717) is 11.4 Å². The number of amides is 1. The van der Waals surface area contributed by atoms with Crippen molar-refractivity contribution < 1.29 is 14.7 Å². The smallest absolute Gasteiger partial charge is 0.305 e. The fraction of sp³-hybridized carbons (Fsp3) is 0.286. The number of rotatable bonds is 6. The first kappa shape index (κ1) is 14.3. The Morgan fingerprint density at radius 2 is 2.05 bits per heavy atom. The summed E-state index contributed by atoms with van der Waals surface area (Å²) in [6, 6.07) is 5.69. The number of aliphatic carboxylic acids is 1. The second-order valence-electron chi connectivity index (χ2n) is 4.25. The summed E-state index contributed by atoms with van der Waals surface area (Å²) in [7, 11) is 0. The highest BCUT2D eigenvalue weighted by Crippen LogP contribution is 2.23. The Balaban J connectivity index is 2.20. The van der Waals surface area contributed by atoms with Crippen LogP contribution in [0.4, 0.5) is 0 Å². The summed E-state index contributed by atoms with van der Waals surface area (Å²) < 4.78 is 1.88. The lowest BCUT2D eigenvalue weighted by molar-refractivity contribution is -0.137. The molecule has 0 spiro atoms. The fourth-order valence-corrected chi connectivity index (χ4v) is 2.80. The molecule has 0 aromatic carbocycles. The largest absolute Gasteiger partial charge is 0.481 e. The van der Waals surface area contributed by atoms with E-state index in [9.17, 15) is 9.59 Å². The van der Waals surface area contributed by atoms with E-state index < -0.39 is 5.97 Å². The molecule has 0 aliphatic rings. The Labute approximate surface area is 121 Å². The topological polar surface area (TPSA) is 62.5 Å². The molecule has 0 aliphatic carbocycles. The lowest BCUT2D eigenvalue weighted by Crippen LogP contribution is -2.32. The molecule has 1 N–H and O–H groups in total. The number of thiophene rings is 1. The molecule has 106 valence electrons. The number of hydrogen-bond donors (Lipinski definition) is 1.